The van der Waals surface area contributed by atoms with Crippen molar-refractivity contribution in [2.45, 2.75) is 117 Å². The molecule has 0 fully saturated rings. The molecule has 0 heterocycles. The minimum Gasteiger partial charge on any atom is -0.382 e. The van der Waals surface area contributed by atoms with Gasteiger partial charge in [-0.15, -0.1) is 6.58 Å². The van der Waals surface area contributed by atoms with Gasteiger partial charge in [0.1, 0.15) is 0 Å². The van der Waals surface area contributed by atoms with E-state index in [1.54, 1.807) is 0 Å². The monoisotopic (exact) mass is 462 g/mol. The van der Waals surface area contributed by atoms with Crippen molar-refractivity contribution in [1.82, 2.24) is 0 Å². The molecule has 0 bridgehead atoms. The molecule has 0 amide bonds. The lowest BCUT2D eigenvalue weighted by atomic mass is 9.90. The maximum atomic E-state index is 4.02. The van der Waals surface area contributed by atoms with Crippen LogP contribution in [0.25, 0.3) is 0 Å². The summed E-state index contributed by atoms with van der Waals surface area (Å²) in [4.78, 5) is 0. The van der Waals surface area contributed by atoms with Gasteiger partial charge in [-0.3, -0.25) is 0 Å². The molecule has 0 aliphatic carbocycles. The molecule has 0 spiro atoms. The lowest BCUT2D eigenvalue weighted by molar-refractivity contribution is 0.563. The van der Waals surface area contributed by atoms with Crippen LogP contribution in [0.15, 0.2) is 49.1 Å². The number of hydrogen-bond acceptors (Lipinski definition) is 2. The second-order valence-corrected chi connectivity index (χ2v) is 11.2. The van der Waals surface area contributed by atoms with Crippen molar-refractivity contribution in [3.63, 3.8) is 0 Å². The highest BCUT2D eigenvalue weighted by Gasteiger charge is 2.21. The Morgan fingerprint density at radius 3 is 1.38 bits per heavy atom. The zero-order valence-electron chi connectivity index (χ0n) is 23.3. The molecule has 0 saturated heterocycles. The van der Waals surface area contributed by atoms with Crippen molar-refractivity contribution in [2.24, 2.45) is 0 Å². The summed E-state index contributed by atoms with van der Waals surface area (Å²) >= 11 is 0. The fraction of sp³-hybridized carbons (Fsp3) is 0.562. The first-order valence-electron chi connectivity index (χ1n) is 13.5. The third-order valence-corrected chi connectivity index (χ3v) is 6.84. The van der Waals surface area contributed by atoms with Crippen LogP contribution < -0.4 is 10.6 Å². The van der Waals surface area contributed by atoms with Gasteiger partial charge < -0.3 is 10.6 Å². The summed E-state index contributed by atoms with van der Waals surface area (Å²) in [5.41, 5.74) is 8.36. The average molecular weight is 463 g/mol. The van der Waals surface area contributed by atoms with Crippen LogP contribution >= 0.6 is 0 Å². The zero-order chi connectivity index (χ0) is 25.4. The van der Waals surface area contributed by atoms with Gasteiger partial charge in [-0.25, -0.2) is 0 Å². The highest BCUT2D eigenvalue weighted by atomic mass is 15.0. The minimum absolute atomic E-state index is 0.355. The molecule has 2 nitrogen and oxygen atoms in total. The van der Waals surface area contributed by atoms with E-state index in [2.05, 4.69) is 122 Å². The number of allylic oxidation sites excluding steroid dienone is 1. The molecular formula is C32H50N2. The number of nitrogens with one attached hydrogen (secondary N) is 2. The highest BCUT2D eigenvalue weighted by molar-refractivity contribution is 5.62. The van der Waals surface area contributed by atoms with Gasteiger partial charge in [-0.1, -0.05) is 97.9 Å². The van der Waals surface area contributed by atoms with E-state index in [0.29, 0.717) is 35.8 Å². The van der Waals surface area contributed by atoms with Gasteiger partial charge >= 0.3 is 0 Å². The topological polar surface area (TPSA) is 24.1 Å². The van der Waals surface area contributed by atoms with Crippen LogP contribution in [0.2, 0.25) is 0 Å². The first-order chi connectivity index (χ1) is 16.1. The number of para-hydroxylation sites is 2. The Labute approximate surface area is 210 Å². The summed E-state index contributed by atoms with van der Waals surface area (Å²) in [7, 11) is 0. The molecule has 0 aromatic heterocycles. The summed E-state index contributed by atoms with van der Waals surface area (Å²) in [5, 5.41) is 7.96. The molecule has 0 aliphatic heterocycles. The van der Waals surface area contributed by atoms with Gasteiger partial charge in [0.25, 0.3) is 0 Å². The molecule has 0 radical (unpaired) electrons. The molecule has 2 N–H and O–H groups in total. The van der Waals surface area contributed by atoms with Crippen LogP contribution in [0.3, 0.4) is 0 Å². The Morgan fingerprint density at radius 1 is 0.647 bits per heavy atom. The summed E-state index contributed by atoms with van der Waals surface area (Å²) < 4.78 is 0. The number of benzene rings is 2. The third-order valence-electron chi connectivity index (χ3n) is 6.84. The van der Waals surface area contributed by atoms with E-state index in [-0.39, 0.29) is 0 Å². The van der Waals surface area contributed by atoms with E-state index < -0.39 is 0 Å². The van der Waals surface area contributed by atoms with Crippen LogP contribution in [0.5, 0.6) is 0 Å². The summed E-state index contributed by atoms with van der Waals surface area (Å²) in [6.07, 6.45) is 5.21. The standard InChI is InChI=1S/C32H50N2/c1-11-12-15-26(34-32-29(23(6)7)18-14-19-30(32)24(8)9)20-25(10)33-31-27(21(2)3)16-13-17-28(31)22(4)5/h11,13-14,16-19,21-26,33-34H,1,12,15,20H2,2-10H3. The second-order valence-electron chi connectivity index (χ2n) is 11.2. The number of hydrogen-bond donors (Lipinski definition) is 2. The van der Waals surface area contributed by atoms with E-state index in [9.17, 15) is 0 Å². The van der Waals surface area contributed by atoms with Crippen molar-refractivity contribution in [1.29, 1.82) is 0 Å². The maximum absolute atomic E-state index is 4.02. The van der Waals surface area contributed by atoms with Crippen molar-refractivity contribution >= 4 is 11.4 Å². The Hall–Kier alpha value is -2.22. The molecule has 2 aromatic rings. The predicted octanol–water partition coefficient (Wildman–Crippen LogP) is 9.82. The Balaban J connectivity index is 2.34. The summed E-state index contributed by atoms with van der Waals surface area (Å²) in [5.74, 6) is 1.97. The van der Waals surface area contributed by atoms with Crippen LogP contribution in [0, 0.1) is 0 Å². The van der Waals surface area contributed by atoms with Crippen molar-refractivity contribution in [2.75, 3.05) is 10.6 Å². The first-order valence-corrected chi connectivity index (χ1v) is 13.5. The average Bonchev–Trinajstić information content (AvgIpc) is 2.76. The van der Waals surface area contributed by atoms with E-state index in [1.807, 2.05) is 0 Å². The van der Waals surface area contributed by atoms with E-state index >= 15 is 0 Å². The zero-order valence-corrected chi connectivity index (χ0v) is 23.3. The molecule has 2 atom stereocenters. The van der Waals surface area contributed by atoms with Crippen molar-refractivity contribution < 1.29 is 0 Å². The second kappa shape index (κ2) is 13.0. The summed E-state index contributed by atoms with van der Waals surface area (Å²) in [6.45, 7) is 24.7. The van der Waals surface area contributed by atoms with Gasteiger partial charge in [-0.05, 0) is 72.1 Å². The molecule has 34 heavy (non-hydrogen) atoms. The SMILES string of the molecule is C=CCCC(CC(C)Nc1c(C(C)C)cccc1C(C)C)Nc1c(C(C)C)cccc1C(C)C. The molecule has 2 heteroatoms. The van der Waals surface area contributed by atoms with Crippen LogP contribution in [0.1, 0.15) is 128 Å². The van der Waals surface area contributed by atoms with Gasteiger partial charge in [0.2, 0.25) is 0 Å². The molecule has 2 aromatic carbocycles. The summed E-state index contributed by atoms with van der Waals surface area (Å²) in [6, 6.07) is 14.3. The van der Waals surface area contributed by atoms with Gasteiger partial charge in [0, 0.05) is 23.5 Å². The van der Waals surface area contributed by atoms with Crippen molar-refractivity contribution in [3.8, 4) is 0 Å². The minimum atomic E-state index is 0.355. The molecule has 2 unspecified atom stereocenters. The Morgan fingerprint density at radius 2 is 1.03 bits per heavy atom. The van der Waals surface area contributed by atoms with Crippen molar-refractivity contribution in [3.05, 3.63) is 71.3 Å². The number of rotatable bonds is 13. The molecule has 0 aliphatic rings. The normalized spacial score (nSPS) is 13.6. The third kappa shape index (κ3) is 7.39. The molecule has 2 rings (SSSR count). The van der Waals surface area contributed by atoms with Crippen LogP contribution in [-0.4, -0.2) is 12.1 Å². The quantitative estimate of drug-likeness (QED) is 0.289. The predicted molar refractivity (Wildman–Crippen MR) is 154 cm³/mol. The fourth-order valence-corrected chi connectivity index (χ4v) is 4.94. The van der Waals surface area contributed by atoms with E-state index in [4.69, 9.17) is 0 Å². The number of anilines is 2. The Kier molecular flexibility index (Phi) is 10.7. The van der Waals surface area contributed by atoms with Gasteiger partial charge in [0.05, 0.1) is 0 Å². The van der Waals surface area contributed by atoms with Crippen LogP contribution in [0.4, 0.5) is 11.4 Å². The largest absolute Gasteiger partial charge is 0.382 e. The van der Waals surface area contributed by atoms with Crippen LogP contribution in [-0.2, 0) is 0 Å². The fourth-order valence-electron chi connectivity index (χ4n) is 4.94. The van der Waals surface area contributed by atoms with Gasteiger partial charge in [-0.2, -0.15) is 0 Å². The molecule has 188 valence electrons. The molecular weight excluding hydrogens is 412 g/mol. The van der Waals surface area contributed by atoms with E-state index in [0.717, 1.165) is 19.3 Å². The highest BCUT2D eigenvalue weighted by Crippen LogP contribution is 2.35. The first kappa shape index (κ1) is 28.0. The van der Waals surface area contributed by atoms with E-state index in [1.165, 1.54) is 33.6 Å². The molecule has 0 saturated carbocycles. The smallest absolute Gasteiger partial charge is 0.0412 e. The lowest BCUT2D eigenvalue weighted by Gasteiger charge is -2.30. The lowest BCUT2D eigenvalue weighted by Crippen LogP contribution is -2.30. The maximum Gasteiger partial charge on any atom is 0.0412 e. The Bertz CT molecular complexity index is 855. The van der Waals surface area contributed by atoms with Gasteiger partial charge in [0.15, 0.2) is 0 Å².